The van der Waals surface area contributed by atoms with Crippen LogP contribution in [0.25, 0.3) is 0 Å². The second-order valence-electron chi connectivity index (χ2n) is 2.07. The average molecular weight is 128 g/mol. The van der Waals surface area contributed by atoms with E-state index in [1.165, 1.54) is 0 Å². The summed E-state index contributed by atoms with van der Waals surface area (Å²) >= 11 is 0. The molecule has 4 nitrogen and oxygen atoms in total. The number of hydrazine groups is 1. The first kappa shape index (κ1) is 6.38. The molecule has 0 aromatic rings. The molecular weight excluding hydrogens is 116 g/mol. The Morgan fingerprint density at radius 2 is 2.33 bits per heavy atom. The van der Waals surface area contributed by atoms with Gasteiger partial charge in [-0.15, -0.1) is 0 Å². The lowest BCUT2D eigenvalue weighted by atomic mass is 10.2. The van der Waals surface area contributed by atoms with Crippen LogP contribution in [0.5, 0.6) is 0 Å². The first-order valence-electron chi connectivity index (χ1n) is 2.99. The summed E-state index contributed by atoms with van der Waals surface area (Å²) in [5, 5.41) is 3.12. The summed E-state index contributed by atoms with van der Waals surface area (Å²) in [5.41, 5.74) is 9.92. The Bertz CT molecular complexity index is 129. The van der Waals surface area contributed by atoms with Gasteiger partial charge in [0.25, 0.3) is 0 Å². The molecule has 1 heterocycles. The minimum absolute atomic E-state index is 0.750. The smallest absolute Gasteiger partial charge is 0.0472 e. The lowest BCUT2D eigenvalue weighted by Gasteiger charge is -2.17. The molecule has 0 unspecified atom stereocenters. The predicted molar refractivity (Wildman–Crippen MR) is 36.0 cm³/mol. The fraction of sp³-hybridized carbons (Fsp3) is 0.600. The van der Waals surface area contributed by atoms with Crippen LogP contribution in [0, 0.1) is 0 Å². The van der Waals surface area contributed by atoms with Gasteiger partial charge in [-0.25, -0.2) is 0 Å². The number of hydrogen-bond acceptors (Lipinski definition) is 4. The van der Waals surface area contributed by atoms with E-state index >= 15 is 0 Å². The van der Waals surface area contributed by atoms with Crippen molar-refractivity contribution in [1.29, 1.82) is 0 Å². The molecule has 0 amide bonds. The summed E-state index contributed by atoms with van der Waals surface area (Å²) in [7, 11) is 0. The molecule has 1 rings (SSSR count). The lowest BCUT2D eigenvalue weighted by Crippen LogP contribution is -2.35. The Morgan fingerprint density at radius 3 is 2.78 bits per heavy atom. The van der Waals surface area contributed by atoms with Crippen LogP contribution in [0.15, 0.2) is 11.4 Å². The van der Waals surface area contributed by atoms with Crippen LogP contribution >= 0.6 is 0 Å². The van der Waals surface area contributed by atoms with Crippen molar-refractivity contribution in [3.8, 4) is 0 Å². The van der Waals surface area contributed by atoms with E-state index in [0.717, 1.165) is 30.9 Å². The molecule has 6 N–H and O–H groups in total. The molecule has 52 valence electrons. The van der Waals surface area contributed by atoms with Crippen molar-refractivity contribution in [2.24, 2.45) is 11.6 Å². The number of nitrogens with one attached hydrogen (secondary N) is 2. The van der Waals surface area contributed by atoms with Gasteiger partial charge in [-0.05, 0) is 0 Å². The highest BCUT2D eigenvalue weighted by atomic mass is 15.2. The molecule has 0 fully saturated rings. The van der Waals surface area contributed by atoms with Crippen LogP contribution in [0.1, 0.15) is 6.42 Å². The maximum Gasteiger partial charge on any atom is 0.0472 e. The van der Waals surface area contributed by atoms with Gasteiger partial charge >= 0.3 is 0 Å². The molecule has 9 heavy (non-hydrogen) atoms. The van der Waals surface area contributed by atoms with Crippen molar-refractivity contribution in [1.82, 2.24) is 10.7 Å². The van der Waals surface area contributed by atoms with E-state index in [9.17, 15) is 0 Å². The number of nitrogens with two attached hydrogens (primary N) is 2. The Balaban J connectivity index is 2.59. The molecular formula is C5H12N4. The summed E-state index contributed by atoms with van der Waals surface area (Å²) < 4.78 is 0. The highest BCUT2D eigenvalue weighted by molar-refractivity contribution is 5.12. The van der Waals surface area contributed by atoms with Crippen molar-refractivity contribution in [2.45, 2.75) is 6.42 Å². The van der Waals surface area contributed by atoms with Crippen molar-refractivity contribution < 1.29 is 0 Å². The zero-order valence-electron chi connectivity index (χ0n) is 5.28. The van der Waals surface area contributed by atoms with Crippen LogP contribution in [0.3, 0.4) is 0 Å². The standard InChI is InChI=1S/C5H12N4/c6-4-3-8-2-1-5(4)9-7/h8-9H,1-3,6-7H2. The maximum absolute atomic E-state index is 5.56. The third kappa shape index (κ3) is 1.34. The van der Waals surface area contributed by atoms with Crippen molar-refractivity contribution in [3.05, 3.63) is 11.4 Å². The third-order valence-corrected chi connectivity index (χ3v) is 1.43. The van der Waals surface area contributed by atoms with E-state index in [2.05, 4.69) is 10.7 Å². The summed E-state index contributed by atoms with van der Waals surface area (Å²) in [5.74, 6) is 5.18. The normalized spacial score (nSPS) is 20.1. The highest BCUT2D eigenvalue weighted by Gasteiger charge is 2.06. The molecule has 4 heteroatoms. The molecule has 0 bridgehead atoms. The zero-order valence-corrected chi connectivity index (χ0v) is 5.28. The molecule has 1 aliphatic rings. The van der Waals surface area contributed by atoms with Gasteiger partial charge in [0, 0.05) is 30.9 Å². The van der Waals surface area contributed by atoms with Gasteiger partial charge in [-0.2, -0.15) is 0 Å². The zero-order chi connectivity index (χ0) is 6.69. The molecule has 0 radical (unpaired) electrons. The molecule has 0 spiro atoms. The predicted octanol–water partition coefficient (Wildman–Crippen LogP) is -1.39. The van der Waals surface area contributed by atoms with E-state index < -0.39 is 0 Å². The van der Waals surface area contributed by atoms with Gasteiger partial charge in [0.2, 0.25) is 0 Å². The monoisotopic (exact) mass is 128 g/mol. The van der Waals surface area contributed by atoms with Gasteiger partial charge in [-0.3, -0.25) is 5.84 Å². The highest BCUT2D eigenvalue weighted by Crippen LogP contribution is 2.01. The Kier molecular flexibility index (Phi) is 1.92. The molecule has 0 aliphatic carbocycles. The molecule has 1 aliphatic heterocycles. The average Bonchev–Trinajstić information content (AvgIpc) is 1.89. The van der Waals surface area contributed by atoms with Crippen molar-refractivity contribution in [2.75, 3.05) is 13.1 Å². The summed E-state index contributed by atoms with van der Waals surface area (Å²) in [6, 6.07) is 0. The second-order valence-corrected chi connectivity index (χ2v) is 2.07. The van der Waals surface area contributed by atoms with Crippen LogP contribution < -0.4 is 22.3 Å². The fourth-order valence-electron chi connectivity index (χ4n) is 0.869. The van der Waals surface area contributed by atoms with E-state index in [1.807, 2.05) is 0 Å². The SMILES string of the molecule is NNC1=C(N)CNCC1. The van der Waals surface area contributed by atoms with E-state index in [4.69, 9.17) is 11.6 Å². The molecule has 0 atom stereocenters. The Morgan fingerprint density at radius 1 is 1.56 bits per heavy atom. The quantitative estimate of drug-likeness (QED) is 0.259. The van der Waals surface area contributed by atoms with Crippen LogP contribution in [0.2, 0.25) is 0 Å². The molecule has 0 aromatic heterocycles. The van der Waals surface area contributed by atoms with Crippen LogP contribution in [-0.2, 0) is 0 Å². The molecule has 0 saturated heterocycles. The topological polar surface area (TPSA) is 76.1 Å². The van der Waals surface area contributed by atoms with Gasteiger partial charge in [0.1, 0.15) is 0 Å². The number of rotatable bonds is 1. The summed E-state index contributed by atoms with van der Waals surface area (Å²) in [6.45, 7) is 1.71. The molecule has 0 aromatic carbocycles. The van der Waals surface area contributed by atoms with Crippen molar-refractivity contribution >= 4 is 0 Å². The minimum Gasteiger partial charge on any atom is -0.400 e. The van der Waals surface area contributed by atoms with E-state index in [0.29, 0.717) is 0 Å². The molecule has 0 saturated carbocycles. The van der Waals surface area contributed by atoms with Crippen LogP contribution in [0.4, 0.5) is 0 Å². The Labute approximate surface area is 54.3 Å². The summed E-state index contributed by atoms with van der Waals surface area (Å²) in [6.07, 6.45) is 0.905. The summed E-state index contributed by atoms with van der Waals surface area (Å²) in [4.78, 5) is 0. The van der Waals surface area contributed by atoms with Gasteiger partial charge in [0.15, 0.2) is 0 Å². The van der Waals surface area contributed by atoms with E-state index in [1.54, 1.807) is 0 Å². The van der Waals surface area contributed by atoms with Gasteiger partial charge < -0.3 is 16.5 Å². The minimum atomic E-state index is 0.750. The fourth-order valence-corrected chi connectivity index (χ4v) is 0.869. The van der Waals surface area contributed by atoms with Gasteiger partial charge in [-0.1, -0.05) is 0 Å². The largest absolute Gasteiger partial charge is 0.400 e. The van der Waals surface area contributed by atoms with Crippen molar-refractivity contribution in [3.63, 3.8) is 0 Å². The first-order valence-corrected chi connectivity index (χ1v) is 2.99. The second kappa shape index (κ2) is 2.70. The maximum atomic E-state index is 5.56. The Hall–Kier alpha value is -0.740. The number of hydrogen-bond donors (Lipinski definition) is 4. The van der Waals surface area contributed by atoms with E-state index in [-0.39, 0.29) is 0 Å². The first-order chi connectivity index (χ1) is 4.34. The lowest BCUT2D eigenvalue weighted by molar-refractivity contribution is 0.628. The van der Waals surface area contributed by atoms with Crippen LogP contribution in [-0.4, -0.2) is 13.1 Å². The van der Waals surface area contributed by atoms with Gasteiger partial charge in [0.05, 0.1) is 0 Å². The third-order valence-electron chi connectivity index (χ3n) is 1.43.